The molecule has 0 radical (unpaired) electrons. The molecule has 18 rings (SSSR count). The molecule has 4 aromatic carbocycles. The Kier molecular flexibility index (Phi) is 31.2. The monoisotopic (exact) mass is 2120 g/mol. The second-order valence-corrected chi connectivity index (χ2v) is 40.0. The molecule has 6 amide bonds. The van der Waals surface area contributed by atoms with Gasteiger partial charge in [-0.1, -0.05) is 134 Å². The van der Waals surface area contributed by atoms with E-state index >= 15 is 0 Å². The van der Waals surface area contributed by atoms with Crippen molar-refractivity contribution in [1.82, 2.24) is 69.6 Å². The van der Waals surface area contributed by atoms with E-state index < -0.39 is 35.4 Å². The number of carboxylic acids is 1. The molecule has 14 heterocycles. The van der Waals surface area contributed by atoms with E-state index in [0.717, 1.165) is 132 Å². The number of carbonyl (C=O) groups is 8. The molecule has 0 aliphatic carbocycles. The van der Waals surface area contributed by atoms with Gasteiger partial charge in [0.15, 0.2) is 5.01 Å². The zero-order valence-electron chi connectivity index (χ0n) is 62.7. The van der Waals surface area contributed by atoms with E-state index in [-0.39, 0.29) is 60.9 Å². The molecule has 10 aromatic rings. The summed E-state index contributed by atoms with van der Waals surface area (Å²) < 4.78 is 81.8. The molecule has 6 aromatic heterocycles. The highest BCUT2D eigenvalue weighted by Crippen LogP contribution is 2.43. The molecule has 23 nitrogen and oxygen atoms in total. The molecule has 8 aliphatic rings. The van der Waals surface area contributed by atoms with Gasteiger partial charge in [0.25, 0.3) is 28.9 Å². The molecule has 8 aliphatic heterocycles. The van der Waals surface area contributed by atoms with Crippen LogP contribution in [0.5, 0.6) is 0 Å². The van der Waals surface area contributed by atoms with Crippen molar-refractivity contribution in [2.45, 2.75) is 49.4 Å². The molecular weight excluding hydrogens is 2060 g/mol. The van der Waals surface area contributed by atoms with Gasteiger partial charge >= 0.3 is 30.1 Å². The first-order chi connectivity index (χ1) is 57.2. The number of aromatic nitrogens is 2. The van der Waals surface area contributed by atoms with Crippen molar-refractivity contribution in [2.75, 3.05) is 144 Å². The number of piperazine rings is 3. The lowest BCUT2D eigenvalue weighted by Gasteiger charge is -2.48. The third-order valence-electron chi connectivity index (χ3n) is 21.1. The molecule has 0 atom stereocenters. The number of halogens is 15. The fourth-order valence-corrected chi connectivity index (χ4v) is 23.6. The number of rotatable bonds is 10. The van der Waals surface area contributed by atoms with Crippen molar-refractivity contribution in [3.05, 3.63) is 163 Å². The Bertz CT molecular complexity index is 5420. The number of nitrogens with zero attached hydrogens (tertiary/aromatic N) is 12. The number of hydrogen-bond donors (Lipinski definition) is 3. The van der Waals surface area contributed by atoms with E-state index in [2.05, 4.69) is 99.0 Å². The van der Waals surface area contributed by atoms with Gasteiger partial charge < -0.3 is 45.1 Å². The Balaban J connectivity index is 0.000000130. The zero-order valence-corrected chi connectivity index (χ0v) is 77.7. The van der Waals surface area contributed by atoms with Crippen molar-refractivity contribution >= 4 is 277 Å². The summed E-state index contributed by atoms with van der Waals surface area (Å²) in [5.41, 5.74) is 0. The fraction of sp³-hybridized carbons (Fsp3) is 0.395. The van der Waals surface area contributed by atoms with Gasteiger partial charge in [-0.05, 0) is 86.1 Å². The number of aromatic carboxylic acids is 1. The summed E-state index contributed by atoms with van der Waals surface area (Å²) in [4.78, 5) is 122. The molecule has 8 fully saturated rings. The van der Waals surface area contributed by atoms with Crippen LogP contribution in [0.15, 0.2) is 114 Å². The van der Waals surface area contributed by atoms with Crippen molar-refractivity contribution in [2.24, 2.45) is 0 Å². The molecule has 0 saturated carbocycles. The van der Waals surface area contributed by atoms with Crippen LogP contribution in [0.3, 0.4) is 0 Å². The summed E-state index contributed by atoms with van der Waals surface area (Å²) >= 11 is 52.5. The average Bonchev–Trinajstić information content (AvgIpc) is 1.19. The number of alkyl halides is 6. The van der Waals surface area contributed by atoms with Crippen molar-refractivity contribution in [3.8, 4) is 0 Å². The van der Waals surface area contributed by atoms with Crippen molar-refractivity contribution in [1.29, 1.82) is 0 Å². The van der Waals surface area contributed by atoms with Gasteiger partial charge in [0.05, 0.1) is 33.4 Å². The minimum atomic E-state index is -4.83. The maximum absolute atomic E-state index is 13.0. The summed E-state index contributed by atoms with van der Waals surface area (Å²) in [7, 11) is 0. The molecule has 120 heavy (non-hydrogen) atoms. The number of hydrogen-bond acceptors (Lipinski definition) is 22. The van der Waals surface area contributed by atoms with E-state index in [0.29, 0.717) is 128 Å². The van der Waals surface area contributed by atoms with Crippen LogP contribution in [-0.4, -0.2) is 291 Å². The number of piperidine rings is 1. The maximum Gasteiger partial charge on any atom is 0.471 e. The molecule has 8 saturated heterocycles. The molecule has 0 unspecified atom stereocenters. The third-order valence-corrected chi connectivity index (χ3v) is 31.5. The smallest absolute Gasteiger partial charge is 0.471 e. The number of thiazole rings is 2. The minimum Gasteiger partial charge on any atom is -0.476 e. The number of fused-ring (bicyclic) bond motifs is 4. The molecule has 0 spiro atoms. The molecule has 640 valence electrons. The summed E-state index contributed by atoms with van der Waals surface area (Å²) in [6.45, 7) is 13.1. The van der Waals surface area contributed by atoms with Crippen LogP contribution in [0.1, 0.15) is 71.1 Å². The second-order valence-electron chi connectivity index (χ2n) is 28.5. The average molecular weight is 2130 g/mol. The van der Waals surface area contributed by atoms with Gasteiger partial charge in [0.2, 0.25) is 5.01 Å². The Morgan fingerprint density at radius 3 is 1.06 bits per heavy atom. The zero-order chi connectivity index (χ0) is 85.8. The second kappa shape index (κ2) is 40.5. The van der Waals surface area contributed by atoms with Crippen LogP contribution < -0.4 is 10.6 Å². The van der Waals surface area contributed by atoms with Gasteiger partial charge in [-0.15, -0.1) is 68.0 Å². The highest BCUT2D eigenvalue weighted by Gasteiger charge is 2.47. The van der Waals surface area contributed by atoms with Crippen LogP contribution in [0.4, 0.5) is 26.3 Å². The number of likely N-dealkylation sites (tertiary alicyclic amines) is 2. The molecule has 3 N–H and O–H groups in total. The summed E-state index contributed by atoms with van der Waals surface area (Å²) in [5, 5.41) is 24.0. The van der Waals surface area contributed by atoms with Gasteiger partial charge in [-0.25, -0.2) is 14.8 Å². The van der Waals surface area contributed by atoms with Crippen molar-refractivity contribution in [3.63, 3.8) is 0 Å². The number of thiophene rings is 4. The predicted molar refractivity (Wildman–Crippen MR) is 475 cm³/mol. The third kappa shape index (κ3) is 22.0. The van der Waals surface area contributed by atoms with Crippen molar-refractivity contribution < 1.29 is 69.8 Å². The van der Waals surface area contributed by atoms with Crippen LogP contribution >= 0.6 is 190 Å². The molecular formula is C76H71Br4Cl5F6N14O9S6. The summed E-state index contributed by atoms with van der Waals surface area (Å²) in [5.74, 6) is -4.51. The number of carbonyl (C=O) groups excluding carboxylic acids is 7. The van der Waals surface area contributed by atoms with E-state index in [1.807, 2.05) is 97.8 Å². The SMILES string of the molecule is O=C(Cl)c1sc2cc(Br)ccc2c1Cl.O=C(N1CCN(C2CNC2)CC1)C(F)(F)F.O=C(O)c1nccs1.O=C(c1nccs1)N1CCN(C2CN(C(=O)c3sc4cc(Br)ccc4c3Cl)C2)CC1.O=C(c1sc2cc(Br)ccc2c1Cl)N1CC(N2CCN(C(=O)C(F)(F)F)CC2)C1.O=C(c1sc2cc(Br)ccc2c1Cl)N1CN(C2CCNCC2)C1. The van der Waals surface area contributed by atoms with Crippen LogP contribution in [0.25, 0.3) is 40.3 Å². The minimum absolute atomic E-state index is 0.00570. The topological polar surface area (TPSA) is 239 Å². The highest BCUT2D eigenvalue weighted by atomic mass is 79.9. The van der Waals surface area contributed by atoms with E-state index in [9.17, 15) is 64.7 Å². The fourth-order valence-electron chi connectivity index (χ4n) is 14.3. The Morgan fingerprint density at radius 1 is 0.408 bits per heavy atom. The van der Waals surface area contributed by atoms with Crippen LogP contribution in [0, 0.1) is 0 Å². The Labute approximate surface area is 765 Å². The van der Waals surface area contributed by atoms with E-state index in [1.165, 1.54) is 75.7 Å². The van der Waals surface area contributed by atoms with Gasteiger partial charge in [0.1, 0.15) is 19.5 Å². The van der Waals surface area contributed by atoms with Gasteiger partial charge in [-0.2, -0.15) is 26.3 Å². The number of nitrogens with one attached hydrogen (secondary N) is 2. The number of benzene rings is 4. The quantitative estimate of drug-likeness (QED) is 0.0852. The van der Waals surface area contributed by atoms with Crippen LogP contribution in [0.2, 0.25) is 20.1 Å². The molecule has 44 heteroatoms. The van der Waals surface area contributed by atoms with Gasteiger partial charge in [-0.3, -0.25) is 53.2 Å². The highest BCUT2D eigenvalue weighted by molar-refractivity contribution is 9.11. The first kappa shape index (κ1) is 92.3. The van der Waals surface area contributed by atoms with Crippen LogP contribution in [-0.2, 0) is 9.59 Å². The standard InChI is InChI=1S/C20H18BrClN4O2S2.C18H16BrClF3N3O2S.C16H17BrClN3OS.C9H3BrCl2OS.C9H14F3N3O.C4H3NO2S/c21-12-1-2-14-15(9-12)30-17(16(14)22)19(27)26-10-13(11-26)24-4-6-25(7-5-24)20(28)18-23-3-8-29-18;19-10-1-2-12-13(7-10)29-15(14(12)20)16(27)26-8-11(9-26)24-3-5-25(6-4-24)17(28)18(21,22)23;17-10-1-2-12-13(7-10)23-15(14(12)18)16(22)21-8-20(9-21)11-3-5-19-6-4-11;10-4-1-2-5-6(3-4)14-8(7(5)11)9(12)13;10-9(11,12)8(16)15-3-1-14(2-4-15)7-5-13-6-7;6-4(7)3-5-1-2-8-3/h1-3,8-9,13H,4-7,10-11H2;1-2,7,11H,3-6,8-9H2;1-2,7,11,19H,3-6,8-9H2;1-3H;7,13H,1-6H2;1-2H,(H,6,7). The molecule has 0 bridgehead atoms. The first-order valence-corrected chi connectivity index (χ1v) is 47.3. The normalized spacial score (nSPS) is 18.0. The Hall–Kier alpha value is -5.35. The lowest BCUT2D eigenvalue weighted by atomic mass is 10.0. The van der Waals surface area contributed by atoms with E-state index in [1.54, 1.807) is 16.5 Å². The number of carboxylic acid groups (broad SMARTS) is 1. The predicted octanol–water partition coefficient (Wildman–Crippen LogP) is 16.8. The van der Waals surface area contributed by atoms with Gasteiger partial charge in [0, 0.05) is 223 Å². The summed E-state index contributed by atoms with van der Waals surface area (Å²) in [6, 6.07) is 24.6. The van der Waals surface area contributed by atoms with E-state index in [4.69, 9.17) is 63.1 Å². The lowest BCUT2D eigenvalue weighted by Crippen LogP contribution is -2.64. The number of amides is 6. The lowest BCUT2D eigenvalue weighted by molar-refractivity contribution is -0.187. The maximum atomic E-state index is 13.0. The first-order valence-electron chi connectivity index (χ1n) is 37.2. The summed E-state index contributed by atoms with van der Waals surface area (Å²) in [6.07, 6.45) is -4.11. The largest absolute Gasteiger partial charge is 0.476 e. The Morgan fingerprint density at radius 2 is 0.742 bits per heavy atom.